The van der Waals surface area contributed by atoms with Crippen molar-refractivity contribution in [3.63, 3.8) is 0 Å². The van der Waals surface area contributed by atoms with E-state index in [2.05, 4.69) is 28.3 Å². The van der Waals surface area contributed by atoms with Gasteiger partial charge in [0.05, 0.1) is 17.5 Å². The highest BCUT2D eigenvalue weighted by Crippen LogP contribution is 2.51. The van der Waals surface area contributed by atoms with E-state index < -0.39 is 10.0 Å². The lowest BCUT2D eigenvalue weighted by Crippen LogP contribution is -2.29. The van der Waals surface area contributed by atoms with Gasteiger partial charge in [-0.2, -0.15) is 0 Å². The summed E-state index contributed by atoms with van der Waals surface area (Å²) in [7, 11) is -3.71. The maximum Gasteiger partial charge on any atom is 0.261 e. The molecule has 0 aromatic heterocycles. The minimum absolute atomic E-state index is 0.0890. The molecule has 5 nitrogen and oxygen atoms in total. The van der Waals surface area contributed by atoms with Gasteiger partial charge in [0.15, 0.2) is 0 Å². The van der Waals surface area contributed by atoms with Crippen LogP contribution < -0.4 is 14.8 Å². The number of hydrogen-bond donors (Lipinski definition) is 2. The van der Waals surface area contributed by atoms with Gasteiger partial charge in [0.1, 0.15) is 5.75 Å². The van der Waals surface area contributed by atoms with Gasteiger partial charge in [0.25, 0.3) is 10.0 Å². The minimum atomic E-state index is -3.71. The number of rotatable bonds is 6. The Bertz CT molecular complexity index is 1340. The third kappa shape index (κ3) is 4.18. The summed E-state index contributed by atoms with van der Waals surface area (Å²) in [6.07, 6.45) is 5.35. The summed E-state index contributed by atoms with van der Waals surface area (Å²) in [4.78, 5) is 0.277. The van der Waals surface area contributed by atoms with E-state index in [-0.39, 0.29) is 16.9 Å². The van der Waals surface area contributed by atoms with E-state index in [4.69, 9.17) is 4.74 Å². The third-order valence-corrected chi connectivity index (χ3v) is 8.05. The quantitative estimate of drug-likeness (QED) is 0.410. The van der Waals surface area contributed by atoms with Crippen molar-refractivity contribution in [2.75, 3.05) is 16.6 Å². The molecule has 2 N–H and O–H groups in total. The molecule has 1 heterocycles. The van der Waals surface area contributed by atoms with Crippen molar-refractivity contribution in [2.24, 2.45) is 5.92 Å². The number of hydrogen-bond acceptors (Lipinski definition) is 4. The Morgan fingerprint density at radius 3 is 2.53 bits per heavy atom. The van der Waals surface area contributed by atoms with Crippen molar-refractivity contribution in [3.05, 3.63) is 95.1 Å². The van der Waals surface area contributed by atoms with Crippen LogP contribution in [0.4, 0.5) is 11.4 Å². The minimum Gasteiger partial charge on any atom is -0.494 e. The van der Waals surface area contributed by atoms with Crippen LogP contribution in [0.25, 0.3) is 0 Å². The molecule has 34 heavy (non-hydrogen) atoms. The Balaban J connectivity index is 1.49. The van der Waals surface area contributed by atoms with E-state index in [1.807, 2.05) is 69.3 Å². The molecular formula is C28H30N2O3S. The molecule has 5 rings (SSSR count). The predicted molar refractivity (Wildman–Crippen MR) is 137 cm³/mol. The largest absolute Gasteiger partial charge is 0.494 e. The number of ether oxygens (including phenoxy) is 1. The molecule has 0 bridgehead atoms. The number of fused-ring (bicyclic) bond motifs is 3. The maximum absolute atomic E-state index is 13.2. The number of sulfonamides is 1. The Hall–Kier alpha value is -3.25. The van der Waals surface area contributed by atoms with Gasteiger partial charge < -0.3 is 10.1 Å². The fraction of sp³-hybridized carbons (Fsp3) is 0.286. The molecule has 6 heteroatoms. The van der Waals surface area contributed by atoms with Crippen LogP contribution in [0.1, 0.15) is 47.6 Å². The fourth-order valence-electron chi connectivity index (χ4n) is 5.32. The van der Waals surface area contributed by atoms with Crippen LogP contribution in [0.3, 0.4) is 0 Å². The summed E-state index contributed by atoms with van der Waals surface area (Å²) in [5.74, 6) is 1.33. The van der Waals surface area contributed by atoms with Gasteiger partial charge in [-0.15, -0.1) is 0 Å². The van der Waals surface area contributed by atoms with E-state index in [1.54, 1.807) is 6.07 Å². The molecule has 3 atom stereocenters. The predicted octanol–water partition coefficient (Wildman–Crippen LogP) is 6.33. The molecule has 1 aliphatic carbocycles. The summed E-state index contributed by atoms with van der Waals surface area (Å²) in [5.41, 5.74) is 5.75. The molecule has 0 fully saturated rings. The first kappa shape index (κ1) is 22.5. The highest BCUT2D eigenvalue weighted by molar-refractivity contribution is 7.92. The smallest absolute Gasteiger partial charge is 0.261 e. The van der Waals surface area contributed by atoms with Gasteiger partial charge in [0.2, 0.25) is 0 Å². The first-order chi connectivity index (χ1) is 16.4. The summed E-state index contributed by atoms with van der Waals surface area (Å²) in [5, 5.41) is 3.69. The van der Waals surface area contributed by atoms with Crippen LogP contribution in [-0.4, -0.2) is 15.0 Å². The molecule has 0 spiro atoms. The molecule has 176 valence electrons. The highest BCUT2D eigenvalue weighted by Gasteiger charge is 2.39. The Labute approximate surface area is 201 Å². The second-order valence-corrected chi connectivity index (χ2v) is 10.9. The second kappa shape index (κ2) is 8.84. The summed E-state index contributed by atoms with van der Waals surface area (Å²) < 4.78 is 35.1. The van der Waals surface area contributed by atoms with Gasteiger partial charge >= 0.3 is 0 Å². The Morgan fingerprint density at radius 2 is 1.76 bits per heavy atom. The summed E-state index contributed by atoms with van der Waals surface area (Å²) in [6.45, 7) is 6.53. The second-order valence-electron chi connectivity index (χ2n) is 9.18. The van der Waals surface area contributed by atoms with Crippen molar-refractivity contribution in [2.45, 2.75) is 44.0 Å². The first-order valence-electron chi connectivity index (χ1n) is 11.8. The van der Waals surface area contributed by atoms with Crippen LogP contribution in [0, 0.1) is 19.8 Å². The van der Waals surface area contributed by atoms with E-state index in [0.29, 0.717) is 18.2 Å². The van der Waals surface area contributed by atoms with Crippen LogP contribution in [0.5, 0.6) is 5.75 Å². The molecule has 3 unspecified atom stereocenters. The Kier molecular flexibility index (Phi) is 5.86. The Morgan fingerprint density at radius 1 is 1.00 bits per heavy atom. The van der Waals surface area contributed by atoms with Crippen LogP contribution >= 0.6 is 0 Å². The fourth-order valence-corrected chi connectivity index (χ4v) is 6.39. The van der Waals surface area contributed by atoms with Gasteiger partial charge in [-0.05, 0) is 86.2 Å². The topological polar surface area (TPSA) is 67.4 Å². The average Bonchev–Trinajstić information content (AvgIpc) is 3.28. The first-order valence-corrected chi connectivity index (χ1v) is 13.2. The molecule has 1 aliphatic heterocycles. The molecule has 3 aromatic carbocycles. The monoisotopic (exact) mass is 474 g/mol. The molecule has 3 aromatic rings. The van der Waals surface area contributed by atoms with Gasteiger partial charge in [0, 0.05) is 22.9 Å². The van der Waals surface area contributed by atoms with Crippen molar-refractivity contribution in [1.29, 1.82) is 0 Å². The molecular weight excluding hydrogens is 444 g/mol. The third-order valence-electron chi connectivity index (χ3n) is 6.67. The SMILES string of the molecule is CCOc1ccccc1C1Nc2ccc(S(=O)(=O)Nc3cc(C)cc(C)c3)cc2C2C=CCC21. The number of allylic oxidation sites excluding steroid dienone is 2. The maximum atomic E-state index is 13.2. The van der Waals surface area contributed by atoms with E-state index in [0.717, 1.165) is 40.1 Å². The zero-order valence-corrected chi connectivity index (χ0v) is 20.5. The highest BCUT2D eigenvalue weighted by atomic mass is 32.2. The number of nitrogens with one attached hydrogen (secondary N) is 2. The summed E-state index contributed by atoms with van der Waals surface area (Å²) in [6, 6.07) is 19.4. The van der Waals surface area contributed by atoms with E-state index >= 15 is 0 Å². The van der Waals surface area contributed by atoms with Gasteiger partial charge in [-0.3, -0.25) is 4.72 Å². The molecule has 0 radical (unpaired) electrons. The van der Waals surface area contributed by atoms with Gasteiger partial charge in [-0.25, -0.2) is 8.42 Å². The number of benzene rings is 3. The van der Waals surface area contributed by atoms with E-state index in [9.17, 15) is 8.42 Å². The van der Waals surface area contributed by atoms with E-state index in [1.165, 1.54) is 0 Å². The zero-order valence-electron chi connectivity index (χ0n) is 19.7. The van der Waals surface area contributed by atoms with Crippen molar-refractivity contribution < 1.29 is 13.2 Å². The van der Waals surface area contributed by atoms with Gasteiger partial charge in [-0.1, -0.05) is 36.4 Å². The number of aryl methyl sites for hydroxylation is 2. The van der Waals surface area contributed by atoms with Crippen molar-refractivity contribution in [1.82, 2.24) is 0 Å². The van der Waals surface area contributed by atoms with Crippen molar-refractivity contribution in [3.8, 4) is 5.75 Å². The van der Waals surface area contributed by atoms with Crippen LogP contribution in [-0.2, 0) is 10.0 Å². The lowest BCUT2D eigenvalue weighted by atomic mass is 9.77. The zero-order chi connectivity index (χ0) is 23.9. The molecule has 2 aliphatic rings. The number of anilines is 2. The lowest BCUT2D eigenvalue weighted by molar-refractivity contribution is 0.326. The molecule has 0 amide bonds. The van der Waals surface area contributed by atoms with Crippen LogP contribution in [0.15, 0.2) is 77.7 Å². The normalized spacial score (nSPS) is 20.9. The lowest BCUT2D eigenvalue weighted by Gasteiger charge is -2.38. The standard InChI is InChI=1S/C28H30N2O3S/c1-4-33-27-11-6-5-8-24(27)28-23-10-7-9-22(23)25-17-21(12-13-26(25)29-28)34(31,32)30-20-15-18(2)14-19(3)16-20/h5-9,11-17,22-23,28-30H,4,10H2,1-3H3. The van der Waals surface area contributed by atoms with Crippen molar-refractivity contribution >= 4 is 21.4 Å². The van der Waals surface area contributed by atoms with Crippen LogP contribution in [0.2, 0.25) is 0 Å². The number of para-hydroxylation sites is 1. The molecule has 0 saturated heterocycles. The molecule has 0 saturated carbocycles. The summed E-state index contributed by atoms with van der Waals surface area (Å²) >= 11 is 0. The average molecular weight is 475 g/mol.